The van der Waals surface area contributed by atoms with E-state index < -0.39 is 0 Å². The van der Waals surface area contributed by atoms with Gasteiger partial charge in [-0.15, -0.1) is 11.3 Å². The molecule has 2 heterocycles. The number of carbonyl (C=O) groups is 1. The van der Waals surface area contributed by atoms with Crippen molar-refractivity contribution in [2.24, 2.45) is 0 Å². The van der Waals surface area contributed by atoms with Crippen LogP contribution < -0.4 is 4.74 Å². The molecule has 1 aliphatic carbocycles. The highest BCUT2D eigenvalue weighted by Gasteiger charge is 2.30. The standard InChI is InChI=1S/C20H25FN2O2S/c1-25-18-17-15(21)8-5-9-16(17)26-19(18)20(24)23-12-10-22(11-13-23)14-6-3-2-4-7-14/h5,8-9,14H,2-4,6-7,10-13H2,1H3. The van der Waals surface area contributed by atoms with Crippen molar-refractivity contribution in [3.63, 3.8) is 0 Å². The van der Waals surface area contributed by atoms with E-state index in [2.05, 4.69) is 4.90 Å². The first-order chi connectivity index (χ1) is 12.7. The zero-order chi connectivity index (χ0) is 18.1. The maximum absolute atomic E-state index is 14.2. The molecule has 0 unspecified atom stereocenters. The van der Waals surface area contributed by atoms with Crippen molar-refractivity contribution in [3.05, 3.63) is 28.9 Å². The summed E-state index contributed by atoms with van der Waals surface area (Å²) in [5, 5.41) is 0.421. The van der Waals surface area contributed by atoms with Gasteiger partial charge >= 0.3 is 0 Å². The summed E-state index contributed by atoms with van der Waals surface area (Å²) in [5.74, 6) is 0.00493. The van der Waals surface area contributed by atoms with E-state index in [-0.39, 0.29) is 11.7 Å². The lowest BCUT2D eigenvalue weighted by Gasteiger charge is -2.40. The molecule has 26 heavy (non-hydrogen) atoms. The predicted molar refractivity (Wildman–Crippen MR) is 103 cm³/mol. The number of hydrogen-bond donors (Lipinski definition) is 0. The second kappa shape index (κ2) is 7.53. The third kappa shape index (κ3) is 3.21. The maximum Gasteiger partial charge on any atom is 0.267 e. The van der Waals surface area contributed by atoms with Gasteiger partial charge < -0.3 is 9.64 Å². The van der Waals surface area contributed by atoms with E-state index in [9.17, 15) is 9.18 Å². The first-order valence-electron chi connectivity index (χ1n) is 9.47. The third-order valence-corrected chi connectivity index (χ3v) is 6.84. The Morgan fingerprint density at radius 1 is 1.15 bits per heavy atom. The molecule has 1 aromatic heterocycles. The molecule has 0 bridgehead atoms. The van der Waals surface area contributed by atoms with Crippen molar-refractivity contribution in [2.45, 2.75) is 38.1 Å². The van der Waals surface area contributed by atoms with Crippen molar-refractivity contribution in [2.75, 3.05) is 33.3 Å². The van der Waals surface area contributed by atoms with Crippen molar-refractivity contribution < 1.29 is 13.9 Å². The number of halogens is 1. The zero-order valence-corrected chi connectivity index (χ0v) is 16.0. The summed E-state index contributed by atoms with van der Waals surface area (Å²) in [5.41, 5.74) is 0. The Balaban J connectivity index is 1.50. The highest BCUT2D eigenvalue weighted by Crippen LogP contribution is 2.40. The van der Waals surface area contributed by atoms with Gasteiger partial charge in [-0.3, -0.25) is 9.69 Å². The minimum absolute atomic E-state index is 0.0363. The molecule has 6 heteroatoms. The number of rotatable bonds is 3. The first-order valence-corrected chi connectivity index (χ1v) is 10.3. The Labute approximate surface area is 157 Å². The highest BCUT2D eigenvalue weighted by atomic mass is 32.1. The van der Waals surface area contributed by atoms with E-state index in [1.807, 2.05) is 11.0 Å². The molecule has 0 atom stereocenters. The number of thiophene rings is 1. The smallest absolute Gasteiger partial charge is 0.267 e. The number of methoxy groups -OCH3 is 1. The van der Waals surface area contributed by atoms with Crippen LogP contribution in [0.25, 0.3) is 10.1 Å². The molecule has 1 aromatic carbocycles. The quantitative estimate of drug-likeness (QED) is 0.807. The SMILES string of the molecule is COc1c(C(=O)N2CCN(C3CCCCC3)CC2)sc2cccc(F)c12. The number of ether oxygens (including phenoxy) is 1. The van der Waals surface area contributed by atoms with Crippen LogP contribution in [0.15, 0.2) is 18.2 Å². The van der Waals surface area contributed by atoms with Gasteiger partial charge in [-0.05, 0) is 25.0 Å². The van der Waals surface area contributed by atoms with Gasteiger partial charge in [0.2, 0.25) is 0 Å². The summed E-state index contributed by atoms with van der Waals surface area (Å²) in [7, 11) is 1.51. The number of benzene rings is 1. The van der Waals surface area contributed by atoms with Crippen LogP contribution in [0.5, 0.6) is 5.75 Å². The average molecular weight is 376 g/mol. The van der Waals surface area contributed by atoms with Gasteiger partial charge in [0.15, 0.2) is 5.75 Å². The molecule has 1 saturated carbocycles. The fourth-order valence-electron chi connectivity index (χ4n) is 4.30. The van der Waals surface area contributed by atoms with Crippen LogP contribution in [0, 0.1) is 5.82 Å². The van der Waals surface area contributed by atoms with Gasteiger partial charge in [0.25, 0.3) is 5.91 Å². The largest absolute Gasteiger partial charge is 0.494 e. The van der Waals surface area contributed by atoms with Crippen molar-refractivity contribution in [1.82, 2.24) is 9.80 Å². The molecule has 0 N–H and O–H groups in total. The normalized spacial score (nSPS) is 19.8. The molecular formula is C20H25FN2O2S. The zero-order valence-electron chi connectivity index (χ0n) is 15.2. The summed E-state index contributed by atoms with van der Waals surface area (Å²) >= 11 is 1.32. The summed E-state index contributed by atoms with van der Waals surface area (Å²) in [6, 6.07) is 5.61. The summed E-state index contributed by atoms with van der Waals surface area (Å²) in [4.78, 5) is 18.0. The highest BCUT2D eigenvalue weighted by molar-refractivity contribution is 7.21. The molecule has 2 fully saturated rings. The molecule has 0 radical (unpaired) electrons. The molecular weight excluding hydrogens is 351 g/mol. The molecule has 4 rings (SSSR count). The molecule has 2 aromatic rings. The number of fused-ring (bicyclic) bond motifs is 1. The molecule has 140 valence electrons. The minimum Gasteiger partial charge on any atom is -0.494 e. The maximum atomic E-state index is 14.2. The fourth-order valence-corrected chi connectivity index (χ4v) is 5.45. The second-order valence-corrected chi connectivity index (χ2v) is 8.25. The lowest BCUT2D eigenvalue weighted by atomic mass is 9.94. The summed E-state index contributed by atoms with van der Waals surface area (Å²) in [6.07, 6.45) is 6.59. The van der Waals surface area contributed by atoms with Crippen LogP contribution in [0.4, 0.5) is 4.39 Å². The Kier molecular flexibility index (Phi) is 5.14. The van der Waals surface area contributed by atoms with Gasteiger partial charge in [0.05, 0.1) is 12.5 Å². The average Bonchev–Trinajstić information content (AvgIpc) is 3.08. The van der Waals surface area contributed by atoms with E-state index in [4.69, 9.17) is 4.74 Å². The van der Waals surface area contributed by atoms with Crippen LogP contribution in [0.1, 0.15) is 41.8 Å². The number of piperazine rings is 1. The van der Waals surface area contributed by atoms with Crippen molar-refractivity contribution >= 4 is 27.3 Å². The molecule has 1 saturated heterocycles. The minimum atomic E-state index is -0.336. The topological polar surface area (TPSA) is 32.8 Å². The Hall–Kier alpha value is -1.66. The van der Waals surface area contributed by atoms with E-state index in [0.717, 1.165) is 30.9 Å². The lowest BCUT2D eigenvalue weighted by Crippen LogP contribution is -2.52. The number of hydrogen-bond acceptors (Lipinski definition) is 4. The van der Waals surface area contributed by atoms with Gasteiger partial charge in [0, 0.05) is 36.9 Å². The Morgan fingerprint density at radius 3 is 2.58 bits per heavy atom. The number of carbonyl (C=O) groups excluding carboxylic acids is 1. The van der Waals surface area contributed by atoms with Gasteiger partial charge in [-0.1, -0.05) is 25.3 Å². The Morgan fingerprint density at radius 2 is 1.88 bits per heavy atom. The molecule has 4 nitrogen and oxygen atoms in total. The van der Waals surface area contributed by atoms with Gasteiger partial charge in [0.1, 0.15) is 10.7 Å². The van der Waals surface area contributed by atoms with Crippen LogP contribution in [0.2, 0.25) is 0 Å². The molecule has 1 amide bonds. The predicted octanol–water partition coefficient (Wildman–Crippen LogP) is 4.14. The van der Waals surface area contributed by atoms with Crippen LogP contribution >= 0.6 is 11.3 Å². The first kappa shape index (κ1) is 17.7. The molecule has 2 aliphatic rings. The van der Waals surface area contributed by atoms with Crippen molar-refractivity contribution in [1.29, 1.82) is 0 Å². The fraction of sp³-hybridized carbons (Fsp3) is 0.550. The second-order valence-electron chi connectivity index (χ2n) is 7.20. The van der Waals surface area contributed by atoms with Crippen LogP contribution in [-0.4, -0.2) is 55.0 Å². The van der Waals surface area contributed by atoms with E-state index in [1.54, 1.807) is 6.07 Å². The van der Waals surface area contributed by atoms with E-state index in [1.165, 1.54) is 56.6 Å². The van der Waals surface area contributed by atoms with Gasteiger partial charge in [-0.25, -0.2) is 4.39 Å². The lowest BCUT2D eigenvalue weighted by molar-refractivity contribution is 0.0525. The van der Waals surface area contributed by atoms with E-state index in [0.29, 0.717) is 22.1 Å². The Bertz CT molecular complexity index is 792. The molecule has 0 spiro atoms. The summed E-state index contributed by atoms with van der Waals surface area (Å²) in [6.45, 7) is 3.32. The monoisotopic (exact) mass is 376 g/mol. The van der Waals surface area contributed by atoms with Crippen molar-refractivity contribution in [3.8, 4) is 5.75 Å². The van der Waals surface area contributed by atoms with E-state index >= 15 is 0 Å². The van der Waals surface area contributed by atoms with Crippen LogP contribution in [0.3, 0.4) is 0 Å². The summed E-state index contributed by atoms with van der Waals surface area (Å²) < 4.78 is 20.4. The molecule has 1 aliphatic heterocycles. The number of nitrogens with zero attached hydrogens (tertiary/aromatic N) is 2. The third-order valence-electron chi connectivity index (χ3n) is 5.71. The number of amides is 1. The van der Waals surface area contributed by atoms with Crippen LogP contribution in [-0.2, 0) is 0 Å². The van der Waals surface area contributed by atoms with Gasteiger partial charge in [-0.2, -0.15) is 0 Å².